The van der Waals surface area contributed by atoms with E-state index in [1.54, 1.807) is 13.8 Å². The molecule has 52 heteroatoms. The second kappa shape index (κ2) is 51.6. The van der Waals surface area contributed by atoms with E-state index >= 15 is 0 Å². The van der Waals surface area contributed by atoms with E-state index in [-0.39, 0.29) is 110 Å². The summed E-state index contributed by atoms with van der Waals surface area (Å²) in [6.45, 7) is 2.21. The zero-order valence-corrected chi connectivity index (χ0v) is 76.4. The Balaban J connectivity index is 0.644. The van der Waals surface area contributed by atoms with Crippen molar-refractivity contribution in [2.75, 3.05) is 112 Å². The van der Waals surface area contributed by atoms with E-state index in [1.807, 2.05) is 11.7 Å². The molecule has 2 aromatic heterocycles. The van der Waals surface area contributed by atoms with Gasteiger partial charge in [-0.1, -0.05) is 37.1 Å². The molecule has 27 rings (SSSR count). The highest BCUT2D eigenvalue weighted by molar-refractivity contribution is 5.94. The second-order valence-corrected chi connectivity index (χ2v) is 36.1. The van der Waals surface area contributed by atoms with Gasteiger partial charge in [-0.2, -0.15) is 0 Å². The largest absolute Gasteiger partial charge is 0.449 e. The van der Waals surface area contributed by atoms with Crippen molar-refractivity contribution in [3.8, 4) is 0 Å². The SMILES string of the molecule is CC(=O)[C@H](C)NC(=O)[C@@H](NC(=O)[C@@H](CCCCNC(=O)COC1CCCCCc2c1nnn2CC1OC2OC3C(CO)OC(OC4C(CO)OC(OC5C(CO)OC(OC6C(CO)OC(OC7C(CO)OC(OC1C(O)C2O)C(O)C7O)C(O)C6O)C(O)C5O)C(O)C4O)C(O)C3O)NC(=O)CCOCCOCCOCCOCCNC(=O)OCC1C2CCc3nnn(C)c3CCC21)C(C)C. The van der Waals surface area contributed by atoms with Crippen molar-refractivity contribution in [2.24, 2.45) is 30.7 Å². The number of fused-ring (bicyclic) bond motifs is 3. The lowest BCUT2D eigenvalue weighted by Crippen LogP contribution is -2.69. The summed E-state index contributed by atoms with van der Waals surface area (Å²) >= 11 is 0. The normalized spacial score (nSPS) is 37.2. The predicted molar refractivity (Wildman–Crippen MR) is 449 cm³/mol. The van der Waals surface area contributed by atoms with Gasteiger partial charge in [0.15, 0.2) is 43.5 Å². The number of nitrogens with zero attached hydrogens (tertiary/aromatic N) is 6. The van der Waals surface area contributed by atoms with Gasteiger partial charge < -0.3 is 199 Å². The number of aryl methyl sites for hydroxylation is 2. The molecule has 12 bridgehead atoms. The molecular weight excluding hydrogens is 1820 g/mol. The van der Waals surface area contributed by atoms with Crippen LogP contribution in [-0.2, 0) is 142 Å². The van der Waals surface area contributed by atoms with E-state index in [1.165, 1.54) is 24.2 Å². The Morgan fingerprint density at radius 2 is 0.882 bits per heavy atom. The standard InChI is InChI=1S/C84H137N11O41/c1-37(2)56(77(117)87-38(3)39(4)101)89-76(116)44(88-54(102)18-21-119-23-25-121-27-28-122-26-24-120-22-20-86-84(118)124-35-42-40-14-16-43-45(17-15-41(40)42)94(5)92-90-43)11-9-10-19-85-55(103)36-123-47-13-8-6-7-12-46-57(47)91-93-95(46)29-48-70-58(104)64(110)78(125-48)132-71-49(30-96)127-80(66(112)60(71)106)134-73-51(32-98)129-82(68(114)62(73)108)136-75-53(34-100)130-83(69(115)63(75)109)135-74-52(33-99)128-81(67(113)61(74)107)133-72-50(31-97)126-79(131-70)65(111)59(72)105/h37-38,40-42,44,47-53,56,58-75,78-83,96-100,104-115H,6-36H2,1-5H3,(H,85,103)(H,86,118)(H,87,117)(H,88,102)(H,89,116)/t38-,40?,41?,42?,44+,47?,48?,49?,50?,51?,52?,53?,56-,58?,59?,60?,61?,62?,63?,64?,65?,66?,67?,68?,69?,70?,71?,72?,73?,74?,75?,78?,79?,80?,81?,82?,83?/m0/s1. The van der Waals surface area contributed by atoms with E-state index < -0.39 is 290 Å². The first-order valence-electron chi connectivity index (χ1n) is 46.6. The molecule has 1 saturated carbocycles. The molecule has 136 heavy (non-hydrogen) atoms. The van der Waals surface area contributed by atoms with Crippen LogP contribution in [0.5, 0.6) is 0 Å². The molecule has 22 aliphatic heterocycles. The lowest BCUT2D eigenvalue weighted by atomic mass is 9.94. The van der Waals surface area contributed by atoms with Crippen LogP contribution >= 0.6 is 0 Å². The molecule has 22 N–H and O–H groups in total. The average molecular weight is 1960 g/mol. The number of alkyl carbamates (subject to hydrolysis) is 1. The van der Waals surface area contributed by atoms with Crippen molar-refractivity contribution >= 4 is 35.5 Å². The van der Waals surface area contributed by atoms with Crippen LogP contribution in [-0.4, -0.2) is 467 Å². The van der Waals surface area contributed by atoms with E-state index in [9.17, 15) is 116 Å². The average Bonchev–Trinajstić information content (AvgIpc) is 1.59. The van der Waals surface area contributed by atoms with Crippen molar-refractivity contribution in [1.82, 2.24) is 56.6 Å². The van der Waals surface area contributed by atoms with Crippen LogP contribution in [0.3, 0.4) is 0 Å². The molecule has 52 nitrogen and oxygen atoms in total. The highest BCUT2D eigenvalue weighted by Crippen LogP contribution is 2.53. The molecule has 2 aromatic rings. The summed E-state index contributed by atoms with van der Waals surface area (Å²) in [7, 11) is 1.92. The second-order valence-electron chi connectivity index (χ2n) is 36.1. The Morgan fingerprint density at radius 3 is 1.34 bits per heavy atom. The fraction of sp³-hybridized carbons (Fsp3) is 0.881. The number of aromatic nitrogens is 6. The number of ether oxygens (including phenoxy) is 18. The van der Waals surface area contributed by atoms with Crippen LogP contribution in [0.4, 0.5) is 4.79 Å². The van der Waals surface area contributed by atoms with Gasteiger partial charge in [0.2, 0.25) is 23.6 Å². The number of hydrogen-bond donors (Lipinski definition) is 22. The Hall–Kier alpha value is -6.26. The number of nitrogens with one attached hydrogen (secondary N) is 5. The Bertz CT molecular complexity index is 4050. The smallest absolute Gasteiger partial charge is 0.407 e. The molecule has 34 unspecified atom stereocenters. The molecule has 0 radical (unpaired) electrons. The Kier molecular flexibility index (Phi) is 41.2. The minimum atomic E-state index is -2.27. The molecule has 774 valence electrons. The molecular formula is C84H137N11O41. The number of carbonyl (C=O) groups is 6. The fourth-order valence-corrected chi connectivity index (χ4v) is 18.4. The lowest BCUT2D eigenvalue weighted by Gasteiger charge is -2.50. The summed E-state index contributed by atoms with van der Waals surface area (Å²) in [6, 6.07) is -3.13. The molecule has 24 heterocycles. The Labute approximate surface area is 781 Å². The number of aliphatic hydroxyl groups is 17. The highest BCUT2D eigenvalue weighted by atomic mass is 16.8. The van der Waals surface area contributed by atoms with Gasteiger partial charge >= 0.3 is 6.09 Å². The van der Waals surface area contributed by atoms with Crippen molar-refractivity contribution in [3.05, 3.63) is 22.8 Å². The van der Waals surface area contributed by atoms with Crippen molar-refractivity contribution in [2.45, 2.75) is 326 Å². The maximum atomic E-state index is 14.1. The number of carbonyl (C=O) groups excluding carboxylic acids is 6. The number of ketones is 1. The van der Waals surface area contributed by atoms with Gasteiger partial charge in [-0.3, -0.25) is 28.7 Å². The summed E-state index contributed by atoms with van der Waals surface area (Å²) in [5.74, 6) is -1.77. The number of hydrogen-bond acceptors (Lipinski definition) is 45. The summed E-state index contributed by atoms with van der Waals surface area (Å²) in [5, 5.41) is 225. The first-order valence-corrected chi connectivity index (χ1v) is 46.6. The molecule has 25 aliphatic rings. The van der Waals surface area contributed by atoms with Crippen LogP contribution in [0.15, 0.2) is 0 Å². The van der Waals surface area contributed by atoms with Gasteiger partial charge in [-0.15, -0.1) is 10.2 Å². The minimum absolute atomic E-state index is 0.0405. The zero-order chi connectivity index (χ0) is 97.9. The van der Waals surface area contributed by atoms with Gasteiger partial charge in [0.25, 0.3) is 0 Å². The molecule has 5 amide bonds. The molecule has 22 saturated heterocycles. The fourth-order valence-electron chi connectivity index (χ4n) is 18.4. The molecule has 37 atom stereocenters. The summed E-state index contributed by atoms with van der Waals surface area (Å²) in [6.07, 6.45) is -56.0. The summed E-state index contributed by atoms with van der Waals surface area (Å²) in [5.41, 5.74) is 2.90. The van der Waals surface area contributed by atoms with Gasteiger partial charge in [0.05, 0.1) is 122 Å². The van der Waals surface area contributed by atoms with Crippen LogP contribution in [0.2, 0.25) is 0 Å². The van der Waals surface area contributed by atoms with Gasteiger partial charge in [-0.05, 0) is 102 Å². The monoisotopic (exact) mass is 1960 g/mol. The third-order valence-electron chi connectivity index (χ3n) is 26.4. The lowest BCUT2D eigenvalue weighted by molar-refractivity contribution is -0.403. The van der Waals surface area contributed by atoms with Crippen LogP contribution in [0, 0.1) is 23.7 Å². The predicted octanol–water partition coefficient (Wildman–Crippen LogP) is -10.8. The summed E-state index contributed by atoms with van der Waals surface area (Å²) < 4.78 is 109. The van der Waals surface area contributed by atoms with Gasteiger partial charge in [0.1, 0.15) is 177 Å². The number of unbranched alkanes of at least 4 members (excludes halogenated alkanes) is 1. The first kappa shape index (κ1) is 109. The number of Topliss-reactive ketones (excluding diaryl/α,β-unsaturated/α-hetero) is 1. The third kappa shape index (κ3) is 27.4. The molecule has 0 aromatic carbocycles. The highest BCUT2D eigenvalue weighted by Gasteiger charge is 2.60. The maximum Gasteiger partial charge on any atom is 0.407 e. The van der Waals surface area contributed by atoms with E-state index in [4.69, 9.17) is 85.3 Å². The number of amides is 5. The molecule has 3 aliphatic carbocycles. The van der Waals surface area contributed by atoms with Crippen LogP contribution < -0.4 is 26.6 Å². The zero-order valence-electron chi connectivity index (χ0n) is 76.4. The van der Waals surface area contributed by atoms with Gasteiger partial charge in [-0.25, -0.2) is 9.48 Å². The molecule has 23 fully saturated rings. The van der Waals surface area contributed by atoms with Crippen LogP contribution in [0.1, 0.15) is 121 Å². The van der Waals surface area contributed by atoms with E-state index in [0.29, 0.717) is 55.7 Å². The Morgan fingerprint density at radius 1 is 0.441 bits per heavy atom. The minimum Gasteiger partial charge on any atom is -0.449 e. The topological polar surface area (TPSA) is 734 Å². The maximum absolute atomic E-state index is 14.1. The van der Waals surface area contributed by atoms with Crippen LogP contribution in [0.25, 0.3) is 0 Å². The quantitative estimate of drug-likeness (QED) is 0.0276. The van der Waals surface area contributed by atoms with Crippen molar-refractivity contribution in [1.29, 1.82) is 0 Å². The summed E-state index contributed by atoms with van der Waals surface area (Å²) in [4.78, 5) is 79.2. The van der Waals surface area contributed by atoms with E-state index in [2.05, 4.69) is 47.2 Å². The number of aliphatic hydroxyl groups excluding tert-OH is 17. The molecule has 0 spiro atoms. The van der Waals surface area contributed by atoms with Gasteiger partial charge in [0, 0.05) is 26.6 Å². The number of rotatable bonds is 39. The first-order chi connectivity index (χ1) is 65.3. The van der Waals surface area contributed by atoms with Crippen molar-refractivity contribution in [3.63, 3.8) is 0 Å². The van der Waals surface area contributed by atoms with E-state index in [0.717, 1.165) is 31.4 Å². The third-order valence-corrected chi connectivity index (χ3v) is 26.4. The van der Waals surface area contributed by atoms with Crippen molar-refractivity contribution < 1.29 is 201 Å².